The van der Waals surface area contributed by atoms with Gasteiger partial charge in [-0.25, -0.2) is 4.79 Å². The van der Waals surface area contributed by atoms with E-state index in [1.807, 2.05) is 43.3 Å². The van der Waals surface area contributed by atoms with E-state index in [1.165, 1.54) is 25.7 Å². The van der Waals surface area contributed by atoms with Crippen LogP contribution in [0.15, 0.2) is 58.0 Å². The third kappa shape index (κ3) is 8.04. The number of hydrogen-bond donors (Lipinski definition) is 0. The smallest absolute Gasteiger partial charge is 0.344 e. The van der Waals surface area contributed by atoms with E-state index < -0.39 is 0 Å². The topological polar surface area (TPSA) is 78.6 Å². The lowest BCUT2D eigenvalue weighted by molar-refractivity contribution is -0.143. The maximum absolute atomic E-state index is 12.4. The minimum absolute atomic E-state index is 0.110. The van der Waals surface area contributed by atoms with Crippen LogP contribution in [0.3, 0.4) is 0 Å². The van der Waals surface area contributed by atoms with Gasteiger partial charge >= 0.3 is 11.6 Å². The Hall–Kier alpha value is -3.15. The molecule has 0 spiro atoms. The van der Waals surface area contributed by atoms with Gasteiger partial charge in [0.25, 0.3) is 0 Å². The Morgan fingerprint density at radius 2 is 1.67 bits per heavy atom. The van der Waals surface area contributed by atoms with Gasteiger partial charge in [-0.2, -0.15) is 0 Å². The van der Waals surface area contributed by atoms with Crippen molar-refractivity contribution in [2.75, 3.05) is 13.2 Å². The molecule has 1 aromatic carbocycles. The van der Waals surface area contributed by atoms with E-state index in [-0.39, 0.29) is 11.6 Å². The van der Waals surface area contributed by atoms with Crippen molar-refractivity contribution in [1.82, 2.24) is 4.98 Å². The van der Waals surface area contributed by atoms with Crippen molar-refractivity contribution in [2.45, 2.75) is 64.7 Å². The fraction of sp³-hybridized carbons (Fsp3) is 0.444. The molecule has 33 heavy (non-hydrogen) atoms. The molecule has 0 aliphatic carbocycles. The molecule has 0 N–H and O–H groups in total. The predicted molar refractivity (Wildman–Crippen MR) is 129 cm³/mol. The van der Waals surface area contributed by atoms with E-state index >= 15 is 0 Å². The average Bonchev–Trinajstić information content (AvgIpc) is 2.84. The SMILES string of the molecule is CCC(=O)OCCCCCCCCCCOc1cccc(-c2cc3ccncc3oc2=O)c1. The molecule has 0 amide bonds. The molecule has 2 aromatic heterocycles. The van der Waals surface area contributed by atoms with E-state index in [4.69, 9.17) is 13.9 Å². The van der Waals surface area contributed by atoms with Gasteiger partial charge in [0, 0.05) is 18.0 Å². The summed E-state index contributed by atoms with van der Waals surface area (Å²) in [7, 11) is 0. The minimum atomic E-state index is -0.380. The Kier molecular flexibility index (Phi) is 9.95. The molecule has 0 fully saturated rings. The third-order valence-corrected chi connectivity index (χ3v) is 5.54. The number of rotatable bonds is 14. The molecule has 0 saturated carbocycles. The van der Waals surface area contributed by atoms with Gasteiger partial charge < -0.3 is 13.9 Å². The van der Waals surface area contributed by atoms with E-state index in [1.54, 1.807) is 12.4 Å². The fourth-order valence-corrected chi connectivity index (χ4v) is 3.66. The Morgan fingerprint density at radius 1 is 0.939 bits per heavy atom. The number of benzene rings is 1. The molecule has 6 nitrogen and oxygen atoms in total. The highest BCUT2D eigenvalue weighted by molar-refractivity contribution is 5.81. The van der Waals surface area contributed by atoms with Crippen LogP contribution < -0.4 is 10.4 Å². The summed E-state index contributed by atoms with van der Waals surface area (Å²) in [5, 5.41) is 0.839. The molecule has 0 atom stereocenters. The summed E-state index contributed by atoms with van der Waals surface area (Å²) in [4.78, 5) is 27.4. The van der Waals surface area contributed by atoms with Crippen LogP contribution >= 0.6 is 0 Å². The van der Waals surface area contributed by atoms with Crippen molar-refractivity contribution >= 4 is 16.9 Å². The Labute approximate surface area is 194 Å². The van der Waals surface area contributed by atoms with Crippen molar-refractivity contribution in [1.29, 1.82) is 0 Å². The van der Waals surface area contributed by atoms with Crippen LogP contribution in [0.5, 0.6) is 5.75 Å². The van der Waals surface area contributed by atoms with Gasteiger partial charge in [0.2, 0.25) is 0 Å². The zero-order valence-electron chi connectivity index (χ0n) is 19.4. The molecule has 0 radical (unpaired) electrons. The summed E-state index contributed by atoms with van der Waals surface area (Å²) in [5.41, 5.74) is 1.40. The second-order valence-electron chi connectivity index (χ2n) is 8.14. The number of nitrogens with zero attached hydrogens (tertiary/aromatic N) is 1. The first kappa shape index (κ1) is 24.5. The molecule has 0 aliphatic heterocycles. The Bertz CT molecular complexity index is 1080. The molecular weight excluding hydrogens is 418 g/mol. The quantitative estimate of drug-likeness (QED) is 0.211. The number of carbonyl (C=O) groups excluding carboxylic acids is 1. The van der Waals surface area contributed by atoms with Gasteiger partial charge in [0.15, 0.2) is 5.58 Å². The Balaban J connectivity index is 1.33. The first-order chi connectivity index (χ1) is 16.2. The highest BCUT2D eigenvalue weighted by Gasteiger charge is 2.09. The number of aromatic nitrogens is 1. The Morgan fingerprint density at radius 3 is 2.42 bits per heavy atom. The van der Waals surface area contributed by atoms with Crippen molar-refractivity contribution in [3.8, 4) is 16.9 Å². The maximum Gasteiger partial charge on any atom is 0.344 e. The molecule has 0 unspecified atom stereocenters. The summed E-state index contributed by atoms with van der Waals surface area (Å²) in [6, 6.07) is 11.2. The highest BCUT2D eigenvalue weighted by atomic mass is 16.5. The number of pyridine rings is 1. The fourth-order valence-electron chi connectivity index (χ4n) is 3.66. The summed E-state index contributed by atoms with van der Waals surface area (Å²) in [6.07, 6.45) is 12.7. The van der Waals surface area contributed by atoms with Crippen LogP contribution in [-0.4, -0.2) is 24.2 Å². The number of carbonyl (C=O) groups is 1. The molecular formula is C27H33NO5. The van der Waals surface area contributed by atoms with Gasteiger partial charge in [-0.3, -0.25) is 9.78 Å². The zero-order valence-corrected chi connectivity index (χ0v) is 19.4. The first-order valence-corrected chi connectivity index (χ1v) is 11.9. The van der Waals surface area contributed by atoms with Crippen LogP contribution in [-0.2, 0) is 9.53 Å². The van der Waals surface area contributed by atoms with Crippen LogP contribution in [0.25, 0.3) is 22.1 Å². The van der Waals surface area contributed by atoms with Crippen LogP contribution in [0, 0.1) is 0 Å². The van der Waals surface area contributed by atoms with Gasteiger partial charge in [0.1, 0.15) is 5.75 Å². The van der Waals surface area contributed by atoms with Gasteiger partial charge in [0.05, 0.1) is 25.0 Å². The van der Waals surface area contributed by atoms with Crippen molar-refractivity contribution in [3.05, 3.63) is 59.2 Å². The second-order valence-corrected chi connectivity index (χ2v) is 8.14. The second kappa shape index (κ2) is 13.4. The number of ether oxygens (including phenoxy) is 2. The minimum Gasteiger partial charge on any atom is -0.494 e. The average molecular weight is 452 g/mol. The number of fused-ring (bicyclic) bond motifs is 1. The molecule has 3 rings (SSSR count). The van der Waals surface area contributed by atoms with E-state index in [0.717, 1.165) is 42.4 Å². The number of hydrogen-bond acceptors (Lipinski definition) is 6. The van der Waals surface area contributed by atoms with E-state index in [0.29, 0.717) is 30.8 Å². The van der Waals surface area contributed by atoms with Crippen LogP contribution in [0.4, 0.5) is 0 Å². The monoisotopic (exact) mass is 451 g/mol. The van der Waals surface area contributed by atoms with Crippen LogP contribution in [0.1, 0.15) is 64.7 Å². The molecule has 2 heterocycles. The van der Waals surface area contributed by atoms with Gasteiger partial charge in [-0.05, 0) is 42.7 Å². The zero-order chi connectivity index (χ0) is 23.3. The standard InChI is InChI=1S/C27H33NO5/c1-2-26(29)32-17-10-8-6-4-3-5-7-9-16-31-23-13-11-12-21(18-23)24-19-22-14-15-28-20-25(22)33-27(24)30/h11-15,18-20H,2-10,16-17H2,1H3. The number of unbranched alkanes of at least 4 members (excludes halogenated alkanes) is 7. The molecule has 0 saturated heterocycles. The molecule has 6 heteroatoms. The highest BCUT2D eigenvalue weighted by Crippen LogP contribution is 2.24. The third-order valence-electron chi connectivity index (χ3n) is 5.54. The van der Waals surface area contributed by atoms with Gasteiger partial charge in [-0.15, -0.1) is 0 Å². The summed E-state index contributed by atoms with van der Waals surface area (Å²) in [6.45, 7) is 3.02. The van der Waals surface area contributed by atoms with Crippen molar-refractivity contribution in [3.63, 3.8) is 0 Å². The van der Waals surface area contributed by atoms with Crippen LogP contribution in [0.2, 0.25) is 0 Å². The normalized spacial score (nSPS) is 10.9. The summed E-state index contributed by atoms with van der Waals surface area (Å²) < 4.78 is 16.4. The van der Waals surface area contributed by atoms with Crippen molar-refractivity contribution < 1.29 is 18.7 Å². The largest absolute Gasteiger partial charge is 0.494 e. The molecule has 0 aliphatic rings. The van der Waals surface area contributed by atoms with Gasteiger partial charge in [-0.1, -0.05) is 57.6 Å². The maximum atomic E-state index is 12.4. The lowest BCUT2D eigenvalue weighted by atomic mass is 10.1. The first-order valence-electron chi connectivity index (χ1n) is 11.9. The lowest BCUT2D eigenvalue weighted by Crippen LogP contribution is -2.03. The lowest BCUT2D eigenvalue weighted by Gasteiger charge is -2.08. The molecule has 176 valence electrons. The van der Waals surface area contributed by atoms with E-state index in [2.05, 4.69) is 4.98 Å². The molecule has 0 bridgehead atoms. The van der Waals surface area contributed by atoms with Crippen molar-refractivity contribution in [2.24, 2.45) is 0 Å². The summed E-state index contributed by atoms with van der Waals surface area (Å²) in [5.74, 6) is 0.645. The predicted octanol–water partition coefficient (Wildman–Crippen LogP) is 6.31. The number of esters is 1. The summed E-state index contributed by atoms with van der Waals surface area (Å²) >= 11 is 0. The molecule has 3 aromatic rings. The van der Waals surface area contributed by atoms with E-state index in [9.17, 15) is 9.59 Å².